The van der Waals surface area contributed by atoms with Crippen LogP contribution in [0, 0.1) is 10.8 Å². The average molecular weight is 407 g/mol. The Labute approximate surface area is 177 Å². The first-order valence-electron chi connectivity index (χ1n) is 10.4. The van der Waals surface area contributed by atoms with Gasteiger partial charge >= 0.3 is 6.03 Å². The third-order valence-corrected chi connectivity index (χ3v) is 5.55. The van der Waals surface area contributed by atoms with Crippen LogP contribution in [0.2, 0.25) is 0 Å². The molecule has 2 aromatic rings. The molecule has 0 atom stereocenters. The molecule has 0 aromatic heterocycles. The molecule has 30 heavy (non-hydrogen) atoms. The van der Waals surface area contributed by atoms with Gasteiger partial charge in [-0.3, -0.25) is 15.7 Å². The maximum Gasteiger partial charge on any atom is 0.322 e. The fourth-order valence-corrected chi connectivity index (χ4v) is 3.90. The third-order valence-electron chi connectivity index (χ3n) is 5.55. The maximum atomic E-state index is 13.3. The normalized spacial score (nSPS) is 14.5. The van der Waals surface area contributed by atoms with Crippen molar-refractivity contribution in [2.24, 2.45) is 11.5 Å². The molecule has 158 valence electrons. The number of rotatable bonds is 6. The van der Waals surface area contributed by atoms with Crippen molar-refractivity contribution in [1.82, 2.24) is 5.32 Å². The van der Waals surface area contributed by atoms with Gasteiger partial charge in [0.1, 0.15) is 11.7 Å². The molecule has 0 unspecified atom stereocenters. The second-order valence-corrected chi connectivity index (χ2v) is 7.75. The van der Waals surface area contributed by atoms with E-state index in [9.17, 15) is 4.79 Å². The van der Waals surface area contributed by atoms with Gasteiger partial charge in [-0.2, -0.15) is 0 Å². The van der Waals surface area contributed by atoms with Crippen molar-refractivity contribution >= 4 is 23.4 Å². The fourth-order valence-electron chi connectivity index (χ4n) is 3.90. The van der Waals surface area contributed by atoms with E-state index in [1.807, 2.05) is 35.2 Å². The zero-order chi connectivity index (χ0) is 21.5. The predicted octanol–water partition coefficient (Wildman–Crippen LogP) is 3.69. The van der Waals surface area contributed by atoms with E-state index in [1.165, 1.54) is 12.8 Å². The zero-order valence-electron chi connectivity index (χ0n) is 17.2. The SMILES string of the molecule is N=C(N)c1ccc(CNC(=O)N(c2cccc(C(=N)N)c2)C2CCCCCC2)cc1. The Morgan fingerprint density at radius 3 is 2.17 bits per heavy atom. The van der Waals surface area contributed by atoms with Crippen LogP contribution in [-0.2, 0) is 6.54 Å². The lowest BCUT2D eigenvalue weighted by Crippen LogP contribution is -2.46. The van der Waals surface area contributed by atoms with Gasteiger partial charge in [0.05, 0.1) is 0 Å². The molecule has 0 saturated heterocycles. The minimum atomic E-state index is -0.154. The Morgan fingerprint density at radius 1 is 0.933 bits per heavy atom. The Morgan fingerprint density at radius 2 is 1.57 bits per heavy atom. The predicted molar refractivity (Wildman–Crippen MR) is 121 cm³/mol. The number of benzene rings is 2. The molecule has 7 N–H and O–H groups in total. The largest absolute Gasteiger partial charge is 0.384 e. The fraction of sp³-hybridized carbons (Fsp3) is 0.348. The third kappa shape index (κ3) is 5.37. The van der Waals surface area contributed by atoms with Crippen LogP contribution < -0.4 is 21.7 Å². The number of anilines is 1. The minimum absolute atomic E-state index is 0.0105. The summed E-state index contributed by atoms with van der Waals surface area (Å²) in [5.74, 6) is 0.0131. The molecule has 1 aliphatic rings. The summed E-state index contributed by atoms with van der Waals surface area (Å²) in [6, 6.07) is 14.6. The second kappa shape index (κ2) is 9.91. The monoisotopic (exact) mass is 406 g/mol. The van der Waals surface area contributed by atoms with Gasteiger partial charge in [0, 0.05) is 29.4 Å². The molecule has 3 rings (SSSR count). The molecule has 1 fully saturated rings. The Hall–Kier alpha value is -3.35. The topological polar surface area (TPSA) is 132 Å². The number of carbonyl (C=O) groups is 1. The van der Waals surface area contributed by atoms with Crippen LogP contribution in [0.25, 0.3) is 0 Å². The lowest BCUT2D eigenvalue weighted by atomic mass is 10.1. The Balaban J connectivity index is 1.80. The van der Waals surface area contributed by atoms with E-state index in [0.717, 1.165) is 36.9 Å². The van der Waals surface area contributed by atoms with E-state index in [0.29, 0.717) is 17.7 Å². The van der Waals surface area contributed by atoms with Crippen molar-refractivity contribution < 1.29 is 4.79 Å². The lowest BCUT2D eigenvalue weighted by molar-refractivity contribution is 0.242. The number of urea groups is 1. The number of amides is 2. The van der Waals surface area contributed by atoms with Crippen LogP contribution in [0.1, 0.15) is 55.2 Å². The van der Waals surface area contributed by atoms with Crippen molar-refractivity contribution in [2.45, 2.75) is 51.1 Å². The molecule has 2 aromatic carbocycles. The standard InChI is InChI=1S/C23H30N6O/c24-21(25)17-12-10-16(11-13-17)15-28-23(30)29(19-7-3-1-2-4-8-19)20-9-5-6-18(14-20)22(26)27/h5-6,9-14,19H,1-4,7-8,15H2,(H3,24,25)(H3,26,27)(H,28,30). The highest BCUT2D eigenvalue weighted by molar-refractivity contribution is 5.98. The molecular weight excluding hydrogens is 376 g/mol. The minimum Gasteiger partial charge on any atom is -0.384 e. The summed E-state index contributed by atoms with van der Waals surface area (Å²) < 4.78 is 0. The second-order valence-electron chi connectivity index (χ2n) is 7.75. The molecule has 0 spiro atoms. The van der Waals surface area contributed by atoms with Gasteiger partial charge in [0.15, 0.2) is 0 Å². The Bertz CT molecular complexity index is 900. The molecule has 0 aliphatic heterocycles. The summed E-state index contributed by atoms with van der Waals surface area (Å²) in [6.45, 7) is 0.382. The maximum absolute atomic E-state index is 13.3. The van der Waals surface area contributed by atoms with Gasteiger partial charge in [0.2, 0.25) is 0 Å². The van der Waals surface area contributed by atoms with Crippen molar-refractivity contribution in [1.29, 1.82) is 10.8 Å². The summed E-state index contributed by atoms with van der Waals surface area (Å²) in [5, 5.41) is 18.2. The van der Waals surface area contributed by atoms with E-state index in [2.05, 4.69) is 5.32 Å². The highest BCUT2D eigenvalue weighted by Gasteiger charge is 2.26. The zero-order valence-corrected chi connectivity index (χ0v) is 17.2. The summed E-state index contributed by atoms with van der Waals surface area (Å²) in [6.07, 6.45) is 6.53. The molecular formula is C23H30N6O. The number of hydrogen-bond donors (Lipinski definition) is 5. The number of amidine groups is 2. The van der Waals surface area contributed by atoms with E-state index < -0.39 is 0 Å². The van der Waals surface area contributed by atoms with E-state index >= 15 is 0 Å². The lowest BCUT2D eigenvalue weighted by Gasteiger charge is -2.32. The summed E-state index contributed by atoms with van der Waals surface area (Å²) >= 11 is 0. The first-order valence-corrected chi connectivity index (χ1v) is 10.4. The van der Waals surface area contributed by atoms with Gasteiger partial charge in [-0.05, 0) is 30.5 Å². The van der Waals surface area contributed by atoms with Gasteiger partial charge in [-0.15, -0.1) is 0 Å². The number of nitrogen functional groups attached to an aromatic ring is 2. The molecule has 1 aliphatic carbocycles. The van der Waals surface area contributed by atoms with Crippen LogP contribution >= 0.6 is 0 Å². The van der Waals surface area contributed by atoms with Crippen molar-refractivity contribution in [3.05, 3.63) is 65.2 Å². The van der Waals surface area contributed by atoms with E-state index in [-0.39, 0.29) is 23.7 Å². The highest BCUT2D eigenvalue weighted by atomic mass is 16.2. The molecule has 0 heterocycles. The highest BCUT2D eigenvalue weighted by Crippen LogP contribution is 2.27. The summed E-state index contributed by atoms with van der Waals surface area (Å²) in [7, 11) is 0. The molecule has 7 nitrogen and oxygen atoms in total. The van der Waals surface area contributed by atoms with Crippen molar-refractivity contribution in [3.63, 3.8) is 0 Å². The van der Waals surface area contributed by atoms with Crippen LogP contribution in [0.15, 0.2) is 48.5 Å². The molecule has 7 heteroatoms. The average Bonchev–Trinajstić information content (AvgIpc) is 3.02. The number of nitrogens with two attached hydrogens (primary N) is 2. The number of carbonyl (C=O) groups excluding carboxylic acids is 1. The first kappa shape index (κ1) is 21.4. The van der Waals surface area contributed by atoms with Crippen molar-refractivity contribution in [2.75, 3.05) is 4.90 Å². The molecule has 0 bridgehead atoms. The van der Waals surface area contributed by atoms with Crippen LogP contribution in [-0.4, -0.2) is 23.7 Å². The summed E-state index contributed by atoms with van der Waals surface area (Å²) in [4.78, 5) is 15.1. The molecule has 0 radical (unpaired) electrons. The van der Waals surface area contributed by atoms with Crippen LogP contribution in [0.5, 0.6) is 0 Å². The van der Waals surface area contributed by atoms with Gasteiger partial charge in [-0.1, -0.05) is 62.1 Å². The smallest absolute Gasteiger partial charge is 0.322 e. The van der Waals surface area contributed by atoms with Crippen LogP contribution in [0.3, 0.4) is 0 Å². The van der Waals surface area contributed by atoms with Gasteiger partial charge < -0.3 is 16.8 Å². The first-order chi connectivity index (χ1) is 14.5. The molecule has 1 saturated carbocycles. The quantitative estimate of drug-likeness (QED) is 0.285. The summed E-state index contributed by atoms with van der Waals surface area (Å²) in [5.41, 5.74) is 14.1. The van der Waals surface area contributed by atoms with E-state index in [4.69, 9.17) is 22.3 Å². The molecule has 2 amide bonds. The number of nitrogens with one attached hydrogen (secondary N) is 3. The van der Waals surface area contributed by atoms with Gasteiger partial charge in [-0.25, -0.2) is 4.79 Å². The van der Waals surface area contributed by atoms with Crippen LogP contribution in [0.4, 0.5) is 10.5 Å². The van der Waals surface area contributed by atoms with E-state index in [1.54, 1.807) is 18.2 Å². The van der Waals surface area contributed by atoms with Crippen molar-refractivity contribution in [3.8, 4) is 0 Å². The Kier molecular flexibility index (Phi) is 7.06. The number of hydrogen-bond acceptors (Lipinski definition) is 3. The van der Waals surface area contributed by atoms with Gasteiger partial charge in [0.25, 0.3) is 0 Å². The number of nitrogens with zero attached hydrogens (tertiary/aromatic N) is 1.